The van der Waals surface area contributed by atoms with Crippen molar-refractivity contribution in [3.05, 3.63) is 51.4 Å². The van der Waals surface area contributed by atoms with Gasteiger partial charge in [0.25, 0.3) is 5.56 Å². The molecule has 7 nitrogen and oxygen atoms in total. The van der Waals surface area contributed by atoms with E-state index in [1.165, 1.54) is 22.5 Å². The molecule has 28 heavy (non-hydrogen) atoms. The number of aryl methyl sites for hydroxylation is 1. The molecule has 0 aliphatic rings. The summed E-state index contributed by atoms with van der Waals surface area (Å²) in [5, 5.41) is 3.26. The zero-order chi connectivity index (χ0) is 20.8. The van der Waals surface area contributed by atoms with Crippen LogP contribution in [0.25, 0.3) is 0 Å². The highest BCUT2D eigenvalue weighted by Crippen LogP contribution is 2.27. The fraction of sp³-hybridized carbons (Fsp3) is 0.400. The molecule has 1 amide bonds. The van der Waals surface area contributed by atoms with Crippen LogP contribution in [-0.4, -0.2) is 34.3 Å². The topological polar surface area (TPSA) is 90.3 Å². The van der Waals surface area contributed by atoms with Crippen LogP contribution >= 0.6 is 11.8 Å². The summed E-state index contributed by atoms with van der Waals surface area (Å²) in [6, 6.07) is 5.84. The maximum Gasteiger partial charge on any atom is 0.345 e. The molecule has 0 atom stereocenters. The third kappa shape index (κ3) is 4.81. The molecule has 0 saturated carbocycles. The predicted molar refractivity (Wildman–Crippen MR) is 110 cm³/mol. The third-order valence-corrected chi connectivity index (χ3v) is 4.87. The summed E-state index contributed by atoms with van der Waals surface area (Å²) in [6.07, 6.45) is 2.94. The van der Waals surface area contributed by atoms with E-state index in [4.69, 9.17) is 4.74 Å². The Morgan fingerprint density at radius 1 is 1.32 bits per heavy atom. The summed E-state index contributed by atoms with van der Waals surface area (Å²) < 4.78 is 6.09. The van der Waals surface area contributed by atoms with Crippen LogP contribution < -0.4 is 10.9 Å². The van der Waals surface area contributed by atoms with E-state index in [1.54, 1.807) is 13.2 Å². The van der Waals surface area contributed by atoms with Crippen molar-refractivity contribution in [1.82, 2.24) is 9.55 Å². The summed E-state index contributed by atoms with van der Waals surface area (Å²) in [4.78, 5) is 41.5. The zero-order valence-electron chi connectivity index (χ0n) is 16.7. The van der Waals surface area contributed by atoms with Gasteiger partial charge in [-0.05, 0) is 37.1 Å². The van der Waals surface area contributed by atoms with Crippen molar-refractivity contribution in [2.45, 2.75) is 45.3 Å². The minimum atomic E-state index is -0.747. The summed E-state index contributed by atoms with van der Waals surface area (Å²) in [6.45, 7) is 7.57. The Bertz CT molecular complexity index is 938. The number of rotatable bonds is 7. The van der Waals surface area contributed by atoms with Crippen molar-refractivity contribution >= 4 is 29.3 Å². The second-order valence-electron chi connectivity index (χ2n) is 6.51. The maximum absolute atomic E-state index is 12.7. The number of nitrogens with one attached hydrogen (secondary N) is 1. The largest absolute Gasteiger partial charge is 0.462 e. The van der Waals surface area contributed by atoms with Gasteiger partial charge in [-0.2, -0.15) is 0 Å². The number of amides is 1. The Labute approximate surface area is 168 Å². The van der Waals surface area contributed by atoms with E-state index in [-0.39, 0.29) is 30.5 Å². The number of nitrogens with zero attached hydrogens (tertiary/aromatic N) is 2. The number of aromatic nitrogens is 2. The molecule has 150 valence electrons. The molecule has 0 unspecified atom stereocenters. The molecule has 0 spiro atoms. The molecular weight excluding hydrogens is 378 g/mol. The fourth-order valence-corrected chi connectivity index (χ4v) is 3.32. The Morgan fingerprint density at radius 2 is 2.04 bits per heavy atom. The summed E-state index contributed by atoms with van der Waals surface area (Å²) in [7, 11) is 0. The van der Waals surface area contributed by atoms with Gasteiger partial charge in [-0.1, -0.05) is 43.8 Å². The van der Waals surface area contributed by atoms with Gasteiger partial charge in [0.2, 0.25) is 5.91 Å². The van der Waals surface area contributed by atoms with Crippen LogP contribution in [-0.2, 0) is 16.1 Å². The lowest BCUT2D eigenvalue weighted by Crippen LogP contribution is -2.33. The minimum Gasteiger partial charge on any atom is -0.462 e. The van der Waals surface area contributed by atoms with Gasteiger partial charge < -0.3 is 10.1 Å². The standard InChI is InChI=1S/C20H25N3O4S/c1-6-27-19(26)15-10-21-20(28-5)23(18(15)25)11-16(24)22-17-13(4)8-7-9-14(17)12(2)3/h7-10,12H,6,11H2,1-5H3,(H,22,24). The van der Waals surface area contributed by atoms with Crippen molar-refractivity contribution < 1.29 is 14.3 Å². The van der Waals surface area contributed by atoms with Crippen LogP contribution in [0.3, 0.4) is 0 Å². The molecule has 0 saturated heterocycles. The first-order valence-electron chi connectivity index (χ1n) is 9.00. The average molecular weight is 404 g/mol. The van der Waals surface area contributed by atoms with Gasteiger partial charge in [0.15, 0.2) is 5.16 Å². The molecule has 1 N–H and O–H groups in total. The van der Waals surface area contributed by atoms with Crippen LogP contribution in [0.1, 0.15) is 48.2 Å². The summed E-state index contributed by atoms with van der Waals surface area (Å²) in [5.41, 5.74) is 1.92. The quantitative estimate of drug-likeness (QED) is 0.434. The summed E-state index contributed by atoms with van der Waals surface area (Å²) >= 11 is 1.22. The normalized spacial score (nSPS) is 10.8. The van der Waals surface area contributed by atoms with Crippen molar-refractivity contribution in [3.8, 4) is 0 Å². The summed E-state index contributed by atoms with van der Waals surface area (Å²) in [5.74, 6) is -0.882. The molecule has 8 heteroatoms. The number of carbonyl (C=O) groups excluding carboxylic acids is 2. The van der Waals surface area contributed by atoms with E-state index in [2.05, 4.69) is 10.3 Å². The van der Waals surface area contributed by atoms with Gasteiger partial charge in [0.05, 0.1) is 12.8 Å². The number of ether oxygens (including phenoxy) is 1. The maximum atomic E-state index is 12.7. The molecule has 2 rings (SSSR count). The molecule has 0 bridgehead atoms. The first-order valence-corrected chi connectivity index (χ1v) is 10.2. The lowest BCUT2D eigenvalue weighted by molar-refractivity contribution is -0.117. The monoisotopic (exact) mass is 403 g/mol. The number of para-hydroxylation sites is 1. The second kappa shape index (κ2) is 9.54. The van der Waals surface area contributed by atoms with Crippen molar-refractivity contribution in [2.24, 2.45) is 0 Å². The van der Waals surface area contributed by atoms with Gasteiger partial charge in [-0.25, -0.2) is 9.78 Å². The second-order valence-corrected chi connectivity index (χ2v) is 7.29. The van der Waals surface area contributed by atoms with Crippen LogP contribution in [0.2, 0.25) is 0 Å². The highest BCUT2D eigenvalue weighted by atomic mass is 32.2. The van der Waals surface area contributed by atoms with Gasteiger partial charge in [0, 0.05) is 5.69 Å². The average Bonchev–Trinajstić information content (AvgIpc) is 2.64. The van der Waals surface area contributed by atoms with E-state index in [0.29, 0.717) is 5.16 Å². The number of benzene rings is 1. The van der Waals surface area contributed by atoms with Crippen molar-refractivity contribution in [3.63, 3.8) is 0 Å². The fourth-order valence-electron chi connectivity index (χ4n) is 2.79. The molecule has 0 aliphatic carbocycles. The highest BCUT2D eigenvalue weighted by Gasteiger charge is 2.19. The number of carbonyl (C=O) groups is 2. The van der Waals surface area contributed by atoms with E-state index in [9.17, 15) is 14.4 Å². The van der Waals surface area contributed by atoms with E-state index < -0.39 is 11.5 Å². The van der Waals surface area contributed by atoms with E-state index in [1.807, 2.05) is 39.0 Å². The molecular formula is C20H25N3O4S. The van der Waals surface area contributed by atoms with Crippen LogP contribution in [0.4, 0.5) is 5.69 Å². The van der Waals surface area contributed by atoms with Crippen molar-refractivity contribution in [2.75, 3.05) is 18.2 Å². The number of hydrogen-bond donors (Lipinski definition) is 1. The lowest BCUT2D eigenvalue weighted by atomic mass is 9.98. The number of esters is 1. The molecule has 0 fully saturated rings. The van der Waals surface area contributed by atoms with Crippen molar-refractivity contribution in [1.29, 1.82) is 0 Å². The Kier molecular flexibility index (Phi) is 7.39. The van der Waals surface area contributed by atoms with E-state index in [0.717, 1.165) is 16.8 Å². The molecule has 0 radical (unpaired) electrons. The zero-order valence-corrected chi connectivity index (χ0v) is 17.6. The molecule has 2 aromatic rings. The minimum absolute atomic E-state index is 0.147. The van der Waals surface area contributed by atoms with Crippen LogP contribution in [0, 0.1) is 6.92 Å². The smallest absolute Gasteiger partial charge is 0.345 e. The molecule has 1 heterocycles. The number of anilines is 1. The SMILES string of the molecule is CCOC(=O)c1cnc(SC)n(CC(=O)Nc2c(C)cccc2C(C)C)c1=O. The first kappa shape index (κ1) is 21.7. The molecule has 1 aromatic heterocycles. The number of thioether (sulfide) groups is 1. The predicted octanol–water partition coefficient (Wildman–Crippen LogP) is 3.21. The van der Waals surface area contributed by atoms with Crippen LogP contribution in [0.15, 0.2) is 34.3 Å². The number of hydrogen-bond acceptors (Lipinski definition) is 6. The third-order valence-electron chi connectivity index (χ3n) is 4.18. The van der Waals surface area contributed by atoms with Gasteiger partial charge >= 0.3 is 5.97 Å². The van der Waals surface area contributed by atoms with Gasteiger partial charge in [-0.3, -0.25) is 14.2 Å². The molecule has 1 aromatic carbocycles. The van der Waals surface area contributed by atoms with Gasteiger partial charge in [0.1, 0.15) is 12.1 Å². The van der Waals surface area contributed by atoms with E-state index >= 15 is 0 Å². The highest BCUT2D eigenvalue weighted by molar-refractivity contribution is 7.98. The molecule has 0 aliphatic heterocycles. The Balaban J connectivity index is 2.36. The van der Waals surface area contributed by atoms with Gasteiger partial charge in [-0.15, -0.1) is 0 Å². The first-order chi connectivity index (χ1) is 13.3. The van der Waals surface area contributed by atoms with Crippen LogP contribution in [0.5, 0.6) is 0 Å². The Morgan fingerprint density at radius 3 is 2.64 bits per heavy atom. The lowest BCUT2D eigenvalue weighted by Gasteiger charge is -2.17. The Hall–Kier alpha value is -2.61.